The Morgan fingerprint density at radius 2 is 2.33 bits per heavy atom. The van der Waals surface area contributed by atoms with Crippen LogP contribution in [-0.4, -0.2) is 18.2 Å². The third kappa shape index (κ3) is 2.85. The highest BCUT2D eigenvalue weighted by Gasteiger charge is 2.12. The predicted octanol–water partition coefficient (Wildman–Crippen LogP) is -1.18. The van der Waals surface area contributed by atoms with Gasteiger partial charge in [-0.2, -0.15) is 0 Å². The monoisotopic (exact) mass is 211 g/mol. The average molecular weight is 211 g/mol. The number of hydrogen-bond acceptors (Lipinski definition) is 4. The lowest BCUT2D eigenvalue weighted by Crippen LogP contribution is -2.55. The molecular formula is C10H13NO4. The maximum atomic E-state index is 10.4. The zero-order valence-corrected chi connectivity index (χ0v) is 8.40. The second-order valence-electron chi connectivity index (χ2n) is 3.20. The van der Waals surface area contributed by atoms with Crippen LogP contribution in [0.4, 0.5) is 0 Å². The zero-order valence-electron chi connectivity index (χ0n) is 8.40. The van der Waals surface area contributed by atoms with Crippen molar-refractivity contribution in [1.29, 1.82) is 0 Å². The van der Waals surface area contributed by atoms with Crippen LogP contribution in [0, 0.1) is 0 Å². The van der Waals surface area contributed by atoms with Gasteiger partial charge in [-0.1, -0.05) is 0 Å². The lowest BCUT2D eigenvalue weighted by molar-refractivity contribution is -0.430. The molecule has 5 nitrogen and oxygen atoms in total. The number of phenols is 1. The molecule has 0 heterocycles. The number of carbonyl (C=O) groups excluding carboxylic acids is 1. The summed E-state index contributed by atoms with van der Waals surface area (Å²) in [5.74, 6) is -0.841. The van der Waals surface area contributed by atoms with Crippen molar-refractivity contribution in [3.8, 4) is 11.5 Å². The van der Waals surface area contributed by atoms with Crippen LogP contribution in [0.15, 0.2) is 18.2 Å². The van der Waals surface area contributed by atoms with Crippen LogP contribution in [0.2, 0.25) is 0 Å². The Labute approximate surface area is 87.1 Å². The number of aromatic hydroxyl groups is 1. The number of quaternary nitrogens is 1. The van der Waals surface area contributed by atoms with Crippen molar-refractivity contribution in [1.82, 2.24) is 0 Å². The van der Waals surface area contributed by atoms with Gasteiger partial charge in [0.05, 0.1) is 7.11 Å². The SMILES string of the molecule is COc1ccc([C@@H]([NH3+])CC(=O)[O-])cc1O. The van der Waals surface area contributed by atoms with Crippen molar-refractivity contribution >= 4 is 5.97 Å². The number of methoxy groups -OCH3 is 1. The summed E-state index contributed by atoms with van der Waals surface area (Å²) in [7, 11) is 1.44. The Morgan fingerprint density at radius 1 is 1.67 bits per heavy atom. The van der Waals surface area contributed by atoms with Gasteiger partial charge >= 0.3 is 0 Å². The fraction of sp³-hybridized carbons (Fsp3) is 0.300. The number of rotatable bonds is 4. The number of benzene rings is 1. The molecule has 5 heteroatoms. The normalized spacial score (nSPS) is 12.1. The molecule has 1 atom stereocenters. The molecule has 0 bridgehead atoms. The highest BCUT2D eigenvalue weighted by atomic mass is 16.5. The number of carboxylic acids is 1. The van der Waals surface area contributed by atoms with E-state index in [1.807, 2.05) is 0 Å². The molecule has 1 rings (SSSR count). The molecule has 82 valence electrons. The van der Waals surface area contributed by atoms with Gasteiger partial charge in [0.1, 0.15) is 6.04 Å². The summed E-state index contributed by atoms with van der Waals surface area (Å²) in [4.78, 5) is 10.4. The van der Waals surface area contributed by atoms with Crippen LogP contribution in [0.5, 0.6) is 11.5 Å². The molecule has 0 amide bonds. The van der Waals surface area contributed by atoms with Crippen molar-refractivity contribution in [2.75, 3.05) is 7.11 Å². The molecule has 0 unspecified atom stereocenters. The van der Waals surface area contributed by atoms with Gasteiger partial charge in [-0.05, 0) is 18.2 Å². The molecule has 1 aromatic rings. The van der Waals surface area contributed by atoms with E-state index in [9.17, 15) is 15.0 Å². The maximum Gasteiger partial charge on any atom is 0.160 e. The Morgan fingerprint density at radius 3 is 2.80 bits per heavy atom. The first-order valence-corrected chi connectivity index (χ1v) is 4.44. The van der Waals surface area contributed by atoms with Crippen molar-refractivity contribution in [2.45, 2.75) is 12.5 Å². The van der Waals surface area contributed by atoms with E-state index >= 15 is 0 Å². The first-order valence-electron chi connectivity index (χ1n) is 4.44. The highest BCUT2D eigenvalue weighted by molar-refractivity contribution is 5.65. The average Bonchev–Trinajstić information content (AvgIpc) is 2.16. The quantitative estimate of drug-likeness (QED) is 0.655. The fourth-order valence-corrected chi connectivity index (χ4v) is 1.28. The Kier molecular flexibility index (Phi) is 3.51. The zero-order chi connectivity index (χ0) is 11.4. The molecule has 0 fully saturated rings. The van der Waals surface area contributed by atoms with E-state index in [1.54, 1.807) is 12.1 Å². The summed E-state index contributed by atoms with van der Waals surface area (Å²) in [6.45, 7) is 0. The molecule has 0 spiro atoms. The van der Waals surface area contributed by atoms with Gasteiger partial charge in [0.2, 0.25) is 0 Å². The fourth-order valence-electron chi connectivity index (χ4n) is 1.28. The van der Waals surface area contributed by atoms with Crippen LogP contribution in [0.3, 0.4) is 0 Å². The third-order valence-corrected chi connectivity index (χ3v) is 2.09. The number of ether oxygens (including phenoxy) is 1. The topological polar surface area (TPSA) is 97.2 Å². The lowest BCUT2D eigenvalue weighted by atomic mass is 10.0. The van der Waals surface area contributed by atoms with E-state index in [2.05, 4.69) is 5.73 Å². The molecule has 0 saturated heterocycles. The number of hydrogen-bond donors (Lipinski definition) is 2. The minimum absolute atomic E-state index is 0.0259. The summed E-state index contributed by atoms with van der Waals surface area (Å²) < 4.78 is 4.86. The number of carbonyl (C=O) groups is 1. The van der Waals surface area contributed by atoms with E-state index in [0.717, 1.165) is 0 Å². The van der Waals surface area contributed by atoms with Gasteiger partial charge in [0.15, 0.2) is 11.5 Å². The van der Waals surface area contributed by atoms with Crippen LogP contribution < -0.4 is 15.6 Å². The van der Waals surface area contributed by atoms with Gasteiger partial charge in [0, 0.05) is 18.0 Å². The Bertz CT molecular complexity index is 364. The molecule has 0 saturated carbocycles. The van der Waals surface area contributed by atoms with E-state index < -0.39 is 12.0 Å². The van der Waals surface area contributed by atoms with Crippen molar-refractivity contribution in [2.24, 2.45) is 0 Å². The summed E-state index contributed by atoms with van der Waals surface area (Å²) in [5, 5.41) is 19.8. The second-order valence-corrected chi connectivity index (χ2v) is 3.20. The largest absolute Gasteiger partial charge is 0.550 e. The smallest absolute Gasteiger partial charge is 0.160 e. The first-order chi connectivity index (χ1) is 7.04. The summed E-state index contributed by atoms with van der Waals surface area (Å²) in [5.41, 5.74) is 4.31. The van der Waals surface area contributed by atoms with E-state index in [0.29, 0.717) is 11.3 Å². The van der Waals surface area contributed by atoms with Crippen LogP contribution in [0.1, 0.15) is 18.0 Å². The molecule has 0 aliphatic carbocycles. The molecular weight excluding hydrogens is 198 g/mol. The number of phenolic OH excluding ortho intramolecular Hbond substituents is 1. The molecule has 4 N–H and O–H groups in total. The van der Waals surface area contributed by atoms with Gasteiger partial charge in [-0.3, -0.25) is 0 Å². The van der Waals surface area contributed by atoms with Crippen LogP contribution in [-0.2, 0) is 4.79 Å². The van der Waals surface area contributed by atoms with E-state index in [1.165, 1.54) is 13.2 Å². The maximum absolute atomic E-state index is 10.4. The molecule has 15 heavy (non-hydrogen) atoms. The molecule has 0 aliphatic rings. The predicted molar refractivity (Wildman–Crippen MR) is 49.9 cm³/mol. The minimum atomic E-state index is -1.16. The molecule has 1 aromatic carbocycles. The van der Waals surface area contributed by atoms with Crippen LogP contribution in [0.25, 0.3) is 0 Å². The molecule has 0 radical (unpaired) electrons. The Balaban J connectivity index is 2.87. The van der Waals surface area contributed by atoms with Gasteiger partial charge in [-0.15, -0.1) is 0 Å². The lowest BCUT2D eigenvalue weighted by Gasteiger charge is -2.11. The summed E-state index contributed by atoms with van der Waals surface area (Å²) in [6.07, 6.45) is -0.175. The number of aliphatic carboxylic acids is 1. The minimum Gasteiger partial charge on any atom is -0.550 e. The Hall–Kier alpha value is -1.75. The van der Waals surface area contributed by atoms with Crippen molar-refractivity contribution in [3.63, 3.8) is 0 Å². The molecule has 0 aliphatic heterocycles. The van der Waals surface area contributed by atoms with Crippen LogP contribution >= 0.6 is 0 Å². The standard InChI is InChI=1S/C10H13NO4/c1-15-9-3-2-6(4-8(9)12)7(11)5-10(13)14/h2-4,7,12H,5,11H2,1H3,(H,13,14)/t7-/m0/s1. The van der Waals surface area contributed by atoms with Crippen molar-refractivity contribution in [3.05, 3.63) is 23.8 Å². The molecule has 0 aromatic heterocycles. The van der Waals surface area contributed by atoms with E-state index in [-0.39, 0.29) is 12.2 Å². The highest BCUT2D eigenvalue weighted by Crippen LogP contribution is 2.28. The summed E-state index contributed by atoms with van der Waals surface area (Å²) in [6, 6.07) is 4.24. The summed E-state index contributed by atoms with van der Waals surface area (Å²) >= 11 is 0. The third-order valence-electron chi connectivity index (χ3n) is 2.09. The van der Waals surface area contributed by atoms with E-state index in [4.69, 9.17) is 4.74 Å². The first kappa shape index (κ1) is 11.3. The van der Waals surface area contributed by atoms with Crippen molar-refractivity contribution < 1.29 is 25.5 Å². The van der Waals surface area contributed by atoms with Gasteiger partial charge < -0.3 is 25.5 Å². The second kappa shape index (κ2) is 4.65. The van der Waals surface area contributed by atoms with Gasteiger partial charge in [-0.25, -0.2) is 0 Å². The van der Waals surface area contributed by atoms with Gasteiger partial charge in [0.25, 0.3) is 0 Å². The number of carboxylic acid groups (broad SMARTS) is 1.